The Morgan fingerprint density at radius 2 is 1.65 bits per heavy atom. The Morgan fingerprint density at radius 1 is 0.867 bits per heavy atom. The van der Waals surface area contributed by atoms with E-state index in [1.807, 2.05) is 61.7 Å². The first-order chi connectivity index (χ1) is 36.2. The number of unbranched alkanes of at least 4 members (excludes halogenated alkanes) is 2. The van der Waals surface area contributed by atoms with E-state index in [4.69, 9.17) is 20.4 Å². The quantitative estimate of drug-likeness (QED) is 0.0319. The number of ether oxygens (including phenoxy) is 1. The maximum atomic E-state index is 13.7. The number of benzene rings is 2. The van der Waals surface area contributed by atoms with Crippen molar-refractivity contribution in [1.29, 1.82) is 0 Å². The minimum absolute atomic E-state index is 0.0276. The van der Waals surface area contributed by atoms with Crippen LogP contribution in [0.1, 0.15) is 80.6 Å². The molecule has 0 aliphatic carbocycles. The minimum atomic E-state index is -1.04. The van der Waals surface area contributed by atoms with Crippen molar-refractivity contribution in [3.63, 3.8) is 0 Å². The van der Waals surface area contributed by atoms with Gasteiger partial charge in [-0.05, 0) is 97.7 Å². The molecule has 2 aliphatic rings. The normalized spacial score (nSPS) is 13.7. The van der Waals surface area contributed by atoms with Crippen LogP contribution in [0.4, 0.5) is 21.0 Å². The molecule has 22 heteroatoms. The molecule has 75 heavy (non-hydrogen) atoms. The summed E-state index contributed by atoms with van der Waals surface area (Å²) in [6.07, 6.45) is 7.48. The number of fused-ring (bicyclic) bond motifs is 2. The largest absolute Gasteiger partial charge is 0.445 e. The molecule has 4 aromatic heterocycles. The van der Waals surface area contributed by atoms with Crippen LogP contribution in [0.25, 0.3) is 28.3 Å². The molecule has 22 nitrogen and oxygen atoms in total. The van der Waals surface area contributed by atoms with Crippen molar-refractivity contribution in [2.45, 2.75) is 97.6 Å². The number of carbonyl (C=O) groups is 7. The summed E-state index contributed by atoms with van der Waals surface area (Å²) in [6.45, 7) is 6.94. The number of nitrogens with zero attached hydrogens (tertiary/aromatic N) is 7. The van der Waals surface area contributed by atoms with Crippen molar-refractivity contribution >= 4 is 58.7 Å². The number of aromatic amines is 1. The first-order valence-corrected chi connectivity index (χ1v) is 24.8. The lowest BCUT2D eigenvalue weighted by molar-refractivity contribution is -0.137. The number of pyridine rings is 2. The predicted molar refractivity (Wildman–Crippen MR) is 277 cm³/mol. The zero-order chi connectivity index (χ0) is 53.0. The van der Waals surface area contributed by atoms with Crippen LogP contribution in [0.5, 0.6) is 0 Å². The summed E-state index contributed by atoms with van der Waals surface area (Å²) in [5.74, 6) is -1.78. The molecule has 8 N–H and O–H groups in total. The standard InChI is InChI=1S/C53H60N14O8/c1-32(2)47(64-44(68)15-5-4-6-24-66-45(69)20-21-46(66)70)51(72)61-41(14-9-23-55-52(54)73)50(71)60-37-18-16-34(17-19-37)30-75-53(74)65-28-36-11-8-12-39(38(36)29-65)56-27-42-62-48(35-22-25-67-43(26-35)57-31-58-67)49(63-42)40-13-7-10-33(3)59-40/h7-8,10-13,16-22,25-26,31-32,41,47,56H,4-6,9,14-15,23-24,27-30H2,1-3H3,(H,60,71)(H,61,72)(H,62,63)(H,64,68)(H3,54,55,73)/t41-,47?/m0/s1. The van der Waals surface area contributed by atoms with Crippen LogP contribution in [0.15, 0.2) is 97.5 Å². The first-order valence-electron chi connectivity index (χ1n) is 24.8. The van der Waals surface area contributed by atoms with E-state index in [1.54, 1.807) is 47.5 Å². The van der Waals surface area contributed by atoms with Crippen LogP contribution < -0.4 is 32.3 Å². The highest BCUT2D eigenvalue weighted by Crippen LogP contribution is 2.33. The molecular weight excluding hydrogens is 961 g/mol. The van der Waals surface area contributed by atoms with E-state index in [-0.39, 0.29) is 56.2 Å². The summed E-state index contributed by atoms with van der Waals surface area (Å²) in [6, 6.07) is 19.6. The van der Waals surface area contributed by atoms with Gasteiger partial charge in [-0.1, -0.05) is 50.6 Å². The van der Waals surface area contributed by atoms with Gasteiger partial charge < -0.3 is 42.0 Å². The van der Waals surface area contributed by atoms with E-state index in [1.165, 1.54) is 18.5 Å². The van der Waals surface area contributed by atoms with Gasteiger partial charge in [-0.25, -0.2) is 24.1 Å². The van der Waals surface area contributed by atoms with Crippen molar-refractivity contribution in [3.8, 4) is 22.6 Å². The number of nitrogens with two attached hydrogens (primary N) is 1. The van der Waals surface area contributed by atoms with Crippen LogP contribution in [-0.2, 0) is 55.0 Å². The molecule has 0 bridgehead atoms. The second kappa shape index (κ2) is 24.2. The Balaban J connectivity index is 0.825. The van der Waals surface area contributed by atoms with Crippen molar-refractivity contribution in [2.75, 3.05) is 23.7 Å². The highest BCUT2D eigenvalue weighted by molar-refractivity contribution is 6.12. The first kappa shape index (κ1) is 52.4. The lowest BCUT2D eigenvalue weighted by Crippen LogP contribution is -2.54. The number of aryl methyl sites for hydroxylation is 1. The van der Waals surface area contributed by atoms with E-state index in [0.29, 0.717) is 73.7 Å². The van der Waals surface area contributed by atoms with Crippen LogP contribution in [0.2, 0.25) is 0 Å². The number of imidazole rings is 1. The number of anilines is 2. The van der Waals surface area contributed by atoms with Crippen LogP contribution in [0.3, 0.4) is 0 Å². The summed E-state index contributed by atoms with van der Waals surface area (Å²) in [5, 5.41) is 18.6. The third kappa shape index (κ3) is 13.6. The van der Waals surface area contributed by atoms with Gasteiger partial charge in [0.1, 0.15) is 36.5 Å². The number of aromatic nitrogens is 6. The molecule has 2 aliphatic heterocycles. The third-order valence-electron chi connectivity index (χ3n) is 12.8. The lowest BCUT2D eigenvalue weighted by Gasteiger charge is -2.25. The molecule has 0 radical (unpaired) electrons. The zero-order valence-corrected chi connectivity index (χ0v) is 41.9. The number of urea groups is 1. The van der Waals surface area contributed by atoms with Crippen LogP contribution >= 0.6 is 0 Å². The minimum Gasteiger partial charge on any atom is -0.445 e. The van der Waals surface area contributed by atoms with Gasteiger partial charge in [0.25, 0.3) is 11.8 Å². The van der Waals surface area contributed by atoms with Gasteiger partial charge in [-0.3, -0.25) is 38.8 Å². The summed E-state index contributed by atoms with van der Waals surface area (Å²) in [4.78, 5) is 109. The SMILES string of the molecule is Cc1cccc(-c2nc(CNc3cccc4c3CN(C(=O)OCc3ccc(NC(=O)[C@H](CCCNC(N)=O)NC(=O)C(NC(=O)CCCCCN5C(=O)C=CC5=O)C(C)C)cc3)C4)[nH]c2-c2ccn3ncnc3c2)n1. The molecule has 2 atom stereocenters. The Morgan fingerprint density at radius 3 is 2.41 bits per heavy atom. The molecule has 8 amide bonds. The molecule has 8 rings (SSSR count). The Bertz CT molecular complexity index is 3090. The smallest absolute Gasteiger partial charge is 0.410 e. The van der Waals surface area contributed by atoms with E-state index >= 15 is 0 Å². The fourth-order valence-corrected chi connectivity index (χ4v) is 8.80. The van der Waals surface area contributed by atoms with E-state index in [0.717, 1.165) is 44.4 Å². The van der Waals surface area contributed by atoms with Gasteiger partial charge in [-0.2, -0.15) is 5.10 Å². The molecule has 390 valence electrons. The van der Waals surface area contributed by atoms with Crippen LogP contribution in [-0.4, -0.2) is 106 Å². The summed E-state index contributed by atoms with van der Waals surface area (Å²) in [5.41, 5.74) is 13.8. The van der Waals surface area contributed by atoms with Crippen molar-refractivity contribution < 1.29 is 38.3 Å². The predicted octanol–water partition coefficient (Wildman–Crippen LogP) is 5.25. The average molecular weight is 1020 g/mol. The average Bonchev–Trinajstić information content (AvgIpc) is 4.22. The van der Waals surface area contributed by atoms with Gasteiger partial charge in [0.15, 0.2) is 5.65 Å². The number of H-pyrrole nitrogens is 1. The molecule has 0 spiro atoms. The lowest BCUT2D eigenvalue weighted by atomic mass is 10.0. The maximum Gasteiger partial charge on any atom is 0.410 e. The highest BCUT2D eigenvalue weighted by Gasteiger charge is 2.30. The molecule has 1 unspecified atom stereocenters. The molecule has 6 heterocycles. The Hall–Kier alpha value is -8.95. The number of hydrogen-bond donors (Lipinski definition) is 7. The molecule has 6 aromatic rings. The Kier molecular flexibility index (Phi) is 16.9. The number of rotatable bonds is 23. The second-order valence-corrected chi connectivity index (χ2v) is 18.7. The highest BCUT2D eigenvalue weighted by atomic mass is 16.6. The fraction of sp³-hybridized carbons (Fsp3) is 0.340. The molecule has 0 saturated carbocycles. The Labute approximate surface area is 432 Å². The third-order valence-corrected chi connectivity index (χ3v) is 12.8. The van der Waals surface area contributed by atoms with Gasteiger partial charge in [-0.15, -0.1) is 0 Å². The number of amides is 8. The van der Waals surface area contributed by atoms with Gasteiger partial charge >= 0.3 is 12.1 Å². The van der Waals surface area contributed by atoms with E-state index < -0.39 is 36.0 Å². The van der Waals surface area contributed by atoms with E-state index in [9.17, 15) is 33.6 Å². The fourth-order valence-electron chi connectivity index (χ4n) is 8.80. The number of hydrogen-bond acceptors (Lipinski definition) is 13. The van der Waals surface area contributed by atoms with Gasteiger partial charge in [0, 0.05) is 67.0 Å². The van der Waals surface area contributed by atoms with Crippen molar-refractivity contribution in [3.05, 3.63) is 126 Å². The van der Waals surface area contributed by atoms with E-state index in [2.05, 4.69) is 41.7 Å². The second-order valence-electron chi connectivity index (χ2n) is 18.7. The van der Waals surface area contributed by atoms with Gasteiger partial charge in [0.05, 0.1) is 24.5 Å². The van der Waals surface area contributed by atoms with Gasteiger partial charge in [0.2, 0.25) is 17.7 Å². The summed E-state index contributed by atoms with van der Waals surface area (Å²) in [7, 11) is 0. The molecular formula is C53H60N14O8. The number of carbonyl (C=O) groups excluding carboxylic acids is 7. The monoisotopic (exact) mass is 1020 g/mol. The molecule has 0 fully saturated rings. The molecule has 2 aromatic carbocycles. The number of nitrogens with one attached hydrogen (secondary N) is 6. The van der Waals surface area contributed by atoms with Crippen molar-refractivity contribution in [1.82, 2.24) is 55.3 Å². The van der Waals surface area contributed by atoms with Crippen LogP contribution in [0, 0.1) is 12.8 Å². The number of imide groups is 1. The number of primary amides is 1. The molecule has 0 saturated heterocycles. The summed E-state index contributed by atoms with van der Waals surface area (Å²) >= 11 is 0. The maximum absolute atomic E-state index is 13.7. The topological polar surface area (TPSA) is 293 Å². The zero-order valence-electron chi connectivity index (χ0n) is 41.9. The summed E-state index contributed by atoms with van der Waals surface area (Å²) < 4.78 is 7.45. The van der Waals surface area contributed by atoms with Crippen molar-refractivity contribution in [2.24, 2.45) is 11.7 Å².